The molecule has 4 heteroatoms. The molecule has 1 aliphatic rings. The van der Waals surface area contributed by atoms with Crippen molar-refractivity contribution in [2.75, 3.05) is 13.6 Å². The second kappa shape index (κ2) is 6.74. The lowest BCUT2D eigenvalue weighted by molar-refractivity contribution is -0.141. The Balaban J connectivity index is 2.21. The lowest BCUT2D eigenvalue weighted by Crippen LogP contribution is -2.46. The van der Waals surface area contributed by atoms with Gasteiger partial charge in [0.2, 0.25) is 11.8 Å². The first-order valence-corrected chi connectivity index (χ1v) is 7.59. The summed E-state index contributed by atoms with van der Waals surface area (Å²) in [6, 6.07) is 9.66. The minimum atomic E-state index is -0.172. The number of rotatable bonds is 4. The monoisotopic (exact) mass is 288 g/mol. The van der Waals surface area contributed by atoms with Gasteiger partial charge in [0.05, 0.1) is 12.0 Å². The summed E-state index contributed by atoms with van der Waals surface area (Å²) in [6.07, 6.45) is 1.06. The lowest BCUT2D eigenvalue weighted by Gasteiger charge is -2.38. The third kappa shape index (κ3) is 3.63. The molecule has 2 amide bonds. The van der Waals surface area contributed by atoms with Crippen molar-refractivity contribution in [1.29, 1.82) is 0 Å². The van der Waals surface area contributed by atoms with Crippen molar-refractivity contribution in [2.24, 2.45) is 11.8 Å². The summed E-state index contributed by atoms with van der Waals surface area (Å²) in [4.78, 5) is 26.2. The Morgan fingerprint density at radius 1 is 1.33 bits per heavy atom. The van der Waals surface area contributed by atoms with Gasteiger partial charge in [-0.05, 0) is 17.9 Å². The molecule has 0 aliphatic carbocycles. The summed E-state index contributed by atoms with van der Waals surface area (Å²) in [6.45, 7) is 4.82. The predicted molar refractivity (Wildman–Crippen MR) is 82.5 cm³/mol. The number of hydrogen-bond acceptors (Lipinski definition) is 2. The molecule has 0 bridgehead atoms. The number of likely N-dealkylation sites (tertiary alicyclic amines) is 1. The fourth-order valence-electron chi connectivity index (χ4n) is 2.85. The van der Waals surface area contributed by atoms with E-state index < -0.39 is 0 Å². The van der Waals surface area contributed by atoms with Crippen molar-refractivity contribution in [3.05, 3.63) is 35.9 Å². The van der Waals surface area contributed by atoms with Crippen LogP contribution in [0.4, 0.5) is 0 Å². The summed E-state index contributed by atoms with van der Waals surface area (Å²) in [7, 11) is 1.79. The average molecular weight is 288 g/mol. The highest BCUT2D eigenvalue weighted by Crippen LogP contribution is 2.35. The zero-order valence-corrected chi connectivity index (χ0v) is 13.0. The maximum atomic E-state index is 12.5. The quantitative estimate of drug-likeness (QED) is 0.924. The van der Waals surface area contributed by atoms with E-state index in [0.717, 1.165) is 5.56 Å². The largest absolute Gasteiger partial charge is 0.356 e. The summed E-state index contributed by atoms with van der Waals surface area (Å²) < 4.78 is 0. The maximum absolute atomic E-state index is 12.5. The molecule has 0 radical (unpaired) electrons. The Morgan fingerprint density at radius 2 is 2.00 bits per heavy atom. The molecule has 1 saturated heterocycles. The lowest BCUT2D eigenvalue weighted by atomic mass is 9.84. The van der Waals surface area contributed by atoms with Gasteiger partial charge in [0.15, 0.2) is 0 Å². The van der Waals surface area contributed by atoms with Crippen LogP contribution in [-0.4, -0.2) is 30.3 Å². The molecule has 4 nitrogen and oxygen atoms in total. The first kappa shape index (κ1) is 15.5. The molecule has 1 aromatic carbocycles. The van der Waals surface area contributed by atoms with Gasteiger partial charge in [-0.3, -0.25) is 9.59 Å². The highest BCUT2D eigenvalue weighted by Gasteiger charge is 2.38. The minimum Gasteiger partial charge on any atom is -0.356 e. The van der Waals surface area contributed by atoms with E-state index in [9.17, 15) is 9.59 Å². The molecule has 21 heavy (non-hydrogen) atoms. The van der Waals surface area contributed by atoms with Crippen LogP contribution in [-0.2, 0) is 9.59 Å². The molecule has 0 aromatic heterocycles. The highest BCUT2D eigenvalue weighted by atomic mass is 16.2. The zero-order valence-electron chi connectivity index (χ0n) is 13.0. The van der Waals surface area contributed by atoms with Gasteiger partial charge in [0, 0.05) is 20.0 Å². The number of nitrogens with one attached hydrogen (secondary N) is 1. The van der Waals surface area contributed by atoms with E-state index in [-0.39, 0.29) is 23.8 Å². The normalized spacial score (nSPS) is 22.5. The van der Waals surface area contributed by atoms with Crippen LogP contribution in [0.15, 0.2) is 30.3 Å². The molecule has 0 saturated carbocycles. The van der Waals surface area contributed by atoms with Gasteiger partial charge < -0.3 is 10.2 Å². The van der Waals surface area contributed by atoms with E-state index in [0.29, 0.717) is 25.3 Å². The van der Waals surface area contributed by atoms with Crippen LogP contribution in [0.2, 0.25) is 0 Å². The van der Waals surface area contributed by atoms with Crippen molar-refractivity contribution in [3.8, 4) is 0 Å². The van der Waals surface area contributed by atoms with Gasteiger partial charge in [-0.25, -0.2) is 0 Å². The van der Waals surface area contributed by atoms with E-state index >= 15 is 0 Å². The summed E-state index contributed by atoms with van der Waals surface area (Å²) in [5.74, 6) is 0.412. The Kier molecular flexibility index (Phi) is 4.99. The first-order chi connectivity index (χ1) is 10.0. The topological polar surface area (TPSA) is 49.4 Å². The Morgan fingerprint density at radius 3 is 2.62 bits per heavy atom. The van der Waals surface area contributed by atoms with Gasteiger partial charge >= 0.3 is 0 Å². The molecule has 1 fully saturated rings. The number of benzene rings is 1. The fourth-order valence-corrected chi connectivity index (χ4v) is 2.85. The second-order valence-corrected chi connectivity index (χ2v) is 6.14. The van der Waals surface area contributed by atoms with E-state index in [1.165, 1.54) is 0 Å². The van der Waals surface area contributed by atoms with Crippen LogP contribution in [0, 0.1) is 11.8 Å². The molecule has 114 valence electrons. The second-order valence-electron chi connectivity index (χ2n) is 6.14. The minimum absolute atomic E-state index is 0.0527. The van der Waals surface area contributed by atoms with Crippen LogP contribution >= 0.6 is 0 Å². The van der Waals surface area contributed by atoms with Crippen LogP contribution in [0.25, 0.3) is 0 Å². The molecular formula is C17H24N2O2. The SMILES string of the molecule is CC(C)CNC(=O)[C@@H]1CCC(=O)N(C)[C@H]1c1ccccc1. The van der Waals surface area contributed by atoms with Crippen LogP contribution in [0.5, 0.6) is 0 Å². The summed E-state index contributed by atoms with van der Waals surface area (Å²) >= 11 is 0. The number of hydrogen-bond donors (Lipinski definition) is 1. The number of carbonyl (C=O) groups is 2. The van der Waals surface area contributed by atoms with Crippen molar-refractivity contribution >= 4 is 11.8 Å². The van der Waals surface area contributed by atoms with Gasteiger partial charge in [-0.2, -0.15) is 0 Å². The molecule has 0 unspecified atom stereocenters. The molecule has 2 atom stereocenters. The zero-order chi connectivity index (χ0) is 15.4. The van der Waals surface area contributed by atoms with Crippen LogP contribution < -0.4 is 5.32 Å². The van der Waals surface area contributed by atoms with E-state index in [4.69, 9.17) is 0 Å². The summed E-state index contributed by atoms with van der Waals surface area (Å²) in [5.41, 5.74) is 1.03. The number of amides is 2. The van der Waals surface area contributed by atoms with Gasteiger partial charge in [0.1, 0.15) is 0 Å². The average Bonchev–Trinajstić information content (AvgIpc) is 2.48. The number of nitrogens with zero attached hydrogens (tertiary/aromatic N) is 1. The van der Waals surface area contributed by atoms with Crippen molar-refractivity contribution in [3.63, 3.8) is 0 Å². The van der Waals surface area contributed by atoms with Gasteiger partial charge in [-0.1, -0.05) is 44.2 Å². The smallest absolute Gasteiger partial charge is 0.225 e. The van der Waals surface area contributed by atoms with Crippen molar-refractivity contribution in [2.45, 2.75) is 32.7 Å². The first-order valence-electron chi connectivity index (χ1n) is 7.59. The van der Waals surface area contributed by atoms with Crippen LogP contribution in [0.1, 0.15) is 38.3 Å². The Hall–Kier alpha value is -1.84. The number of piperidine rings is 1. The highest BCUT2D eigenvalue weighted by molar-refractivity contribution is 5.84. The van der Waals surface area contributed by atoms with Gasteiger partial charge in [0.25, 0.3) is 0 Å². The Bertz CT molecular complexity index is 499. The van der Waals surface area contributed by atoms with Crippen molar-refractivity contribution in [1.82, 2.24) is 10.2 Å². The van der Waals surface area contributed by atoms with E-state index in [1.807, 2.05) is 30.3 Å². The molecular weight excluding hydrogens is 264 g/mol. The molecule has 1 N–H and O–H groups in total. The predicted octanol–water partition coefficient (Wildman–Crippen LogP) is 2.37. The Labute approximate surface area is 126 Å². The summed E-state index contributed by atoms with van der Waals surface area (Å²) in [5, 5.41) is 3.01. The van der Waals surface area contributed by atoms with E-state index in [2.05, 4.69) is 19.2 Å². The number of carbonyl (C=O) groups excluding carboxylic acids is 2. The molecule has 1 heterocycles. The molecule has 2 rings (SSSR count). The molecule has 0 spiro atoms. The third-order valence-electron chi connectivity index (χ3n) is 4.02. The standard InChI is InChI=1S/C17H24N2O2/c1-12(2)11-18-17(21)14-9-10-15(20)19(3)16(14)13-7-5-4-6-8-13/h4-8,12,14,16H,9-11H2,1-3H3,(H,18,21)/t14-,16+/m1/s1. The van der Waals surface area contributed by atoms with Crippen LogP contribution in [0.3, 0.4) is 0 Å². The maximum Gasteiger partial charge on any atom is 0.225 e. The molecule has 1 aliphatic heterocycles. The van der Waals surface area contributed by atoms with E-state index in [1.54, 1.807) is 11.9 Å². The fraction of sp³-hybridized carbons (Fsp3) is 0.529. The van der Waals surface area contributed by atoms with Crippen molar-refractivity contribution < 1.29 is 9.59 Å². The molecule has 1 aromatic rings. The third-order valence-corrected chi connectivity index (χ3v) is 4.02. The van der Waals surface area contributed by atoms with Gasteiger partial charge in [-0.15, -0.1) is 0 Å².